The van der Waals surface area contributed by atoms with Gasteiger partial charge in [0.1, 0.15) is 0 Å². The molecule has 2 rings (SSSR count). The molecule has 110 valence electrons. The zero-order valence-electron chi connectivity index (χ0n) is 12.8. The first-order valence-electron chi connectivity index (χ1n) is 6.85. The molecule has 2 aromatic rings. The Balaban J connectivity index is 2.51. The van der Waals surface area contributed by atoms with Crippen molar-refractivity contribution in [1.29, 1.82) is 0 Å². The summed E-state index contributed by atoms with van der Waals surface area (Å²) in [5.41, 5.74) is 10.3. The van der Waals surface area contributed by atoms with Crippen molar-refractivity contribution in [3.8, 4) is 11.3 Å². The van der Waals surface area contributed by atoms with Gasteiger partial charge in [0.2, 0.25) is 0 Å². The highest BCUT2D eigenvalue weighted by atomic mass is 16.5. The summed E-state index contributed by atoms with van der Waals surface area (Å²) in [6.07, 6.45) is 0.0300. The van der Waals surface area contributed by atoms with Crippen molar-refractivity contribution >= 4 is 5.91 Å². The van der Waals surface area contributed by atoms with E-state index in [0.717, 1.165) is 22.4 Å². The van der Waals surface area contributed by atoms with E-state index in [4.69, 9.17) is 10.5 Å². The molecule has 0 fully saturated rings. The number of hydrogen-bond acceptors (Lipinski definition) is 3. The Kier molecular flexibility index (Phi) is 4.38. The molecule has 0 aliphatic heterocycles. The van der Waals surface area contributed by atoms with E-state index in [9.17, 15) is 4.79 Å². The number of primary amides is 1. The summed E-state index contributed by atoms with van der Waals surface area (Å²) in [5.74, 6) is -0.463. The number of carbonyl (C=O) groups is 1. The molecular weight excluding hydrogens is 264 g/mol. The summed E-state index contributed by atoms with van der Waals surface area (Å²) in [6.45, 7) is 5.82. The van der Waals surface area contributed by atoms with E-state index < -0.39 is 5.91 Å². The van der Waals surface area contributed by atoms with E-state index in [1.165, 1.54) is 0 Å². The number of nitrogens with two attached hydrogens (primary N) is 1. The van der Waals surface area contributed by atoms with Crippen molar-refractivity contribution in [2.24, 2.45) is 5.73 Å². The maximum atomic E-state index is 11.6. The molecule has 1 aromatic heterocycles. The predicted octanol–water partition coefficient (Wildman–Crippen LogP) is 3.17. The highest BCUT2D eigenvalue weighted by Gasteiger charge is 2.14. The number of amides is 1. The fourth-order valence-corrected chi connectivity index (χ4v) is 2.16. The first-order chi connectivity index (χ1) is 9.93. The number of methoxy groups -OCH3 is 1. The van der Waals surface area contributed by atoms with Crippen molar-refractivity contribution < 1.29 is 9.53 Å². The molecule has 0 aliphatic rings. The van der Waals surface area contributed by atoms with Crippen LogP contribution in [0.15, 0.2) is 30.3 Å². The molecule has 0 radical (unpaired) electrons. The Morgan fingerprint density at radius 3 is 2.38 bits per heavy atom. The summed E-state index contributed by atoms with van der Waals surface area (Å²) in [5, 5.41) is 0. The number of pyridine rings is 1. The van der Waals surface area contributed by atoms with Gasteiger partial charge in [-0.3, -0.25) is 9.78 Å². The minimum atomic E-state index is -0.463. The van der Waals surface area contributed by atoms with E-state index in [1.54, 1.807) is 13.2 Å². The number of rotatable bonds is 4. The SMILES string of the molecule is COC(C)c1ccc(-c2nc(C)c(C)cc2C(N)=O)cc1. The molecule has 21 heavy (non-hydrogen) atoms. The third-order valence-electron chi connectivity index (χ3n) is 3.74. The van der Waals surface area contributed by atoms with Gasteiger partial charge in [0.25, 0.3) is 5.91 Å². The first kappa shape index (κ1) is 15.2. The van der Waals surface area contributed by atoms with Crippen LogP contribution in [0.4, 0.5) is 0 Å². The molecule has 0 saturated carbocycles. The van der Waals surface area contributed by atoms with Gasteiger partial charge in [-0.25, -0.2) is 0 Å². The van der Waals surface area contributed by atoms with Crippen LogP contribution in [-0.4, -0.2) is 18.0 Å². The van der Waals surface area contributed by atoms with Crippen molar-refractivity contribution in [3.63, 3.8) is 0 Å². The second-order valence-electron chi connectivity index (χ2n) is 5.15. The number of aryl methyl sites for hydroxylation is 2. The van der Waals surface area contributed by atoms with E-state index in [0.29, 0.717) is 11.3 Å². The molecule has 1 atom stereocenters. The molecule has 1 amide bonds. The van der Waals surface area contributed by atoms with Gasteiger partial charge in [0.15, 0.2) is 0 Å². The zero-order valence-corrected chi connectivity index (χ0v) is 12.8. The standard InChI is InChI=1S/C17H20N2O2/c1-10-9-15(17(18)20)16(19-11(10)2)14-7-5-13(6-8-14)12(3)21-4/h5-9,12H,1-4H3,(H2,18,20). The molecule has 0 aliphatic carbocycles. The summed E-state index contributed by atoms with van der Waals surface area (Å²) in [7, 11) is 1.68. The lowest BCUT2D eigenvalue weighted by Gasteiger charge is -2.12. The Morgan fingerprint density at radius 2 is 1.86 bits per heavy atom. The van der Waals surface area contributed by atoms with Crippen LogP contribution in [0.25, 0.3) is 11.3 Å². The normalized spacial score (nSPS) is 12.2. The Labute approximate surface area is 125 Å². The molecular formula is C17H20N2O2. The Morgan fingerprint density at radius 1 is 1.24 bits per heavy atom. The maximum Gasteiger partial charge on any atom is 0.250 e. The van der Waals surface area contributed by atoms with E-state index in [2.05, 4.69) is 4.98 Å². The molecule has 4 nitrogen and oxygen atoms in total. The molecule has 0 spiro atoms. The van der Waals surface area contributed by atoms with Crippen LogP contribution in [0.2, 0.25) is 0 Å². The van der Waals surface area contributed by atoms with E-state index in [1.807, 2.05) is 45.0 Å². The van der Waals surface area contributed by atoms with Gasteiger partial charge in [-0.05, 0) is 38.0 Å². The summed E-state index contributed by atoms with van der Waals surface area (Å²) < 4.78 is 5.29. The van der Waals surface area contributed by atoms with Crippen molar-refractivity contribution in [2.45, 2.75) is 26.9 Å². The second-order valence-corrected chi connectivity index (χ2v) is 5.15. The molecule has 2 N–H and O–H groups in total. The van der Waals surface area contributed by atoms with Crippen LogP contribution in [0.1, 0.15) is 40.2 Å². The van der Waals surface area contributed by atoms with Gasteiger partial charge in [0.05, 0.1) is 17.4 Å². The first-order valence-corrected chi connectivity index (χ1v) is 6.85. The fourth-order valence-electron chi connectivity index (χ4n) is 2.16. The Bertz CT molecular complexity index is 663. The van der Waals surface area contributed by atoms with Crippen LogP contribution in [-0.2, 0) is 4.74 Å². The van der Waals surface area contributed by atoms with Crippen molar-refractivity contribution in [3.05, 3.63) is 52.7 Å². The Hall–Kier alpha value is -2.20. The van der Waals surface area contributed by atoms with Gasteiger partial charge in [-0.1, -0.05) is 24.3 Å². The smallest absolute Gasteiger partial charge is 0.250 e. The largest absolute Gasteiger partial charge is 0.377 e. The summed E-state index contributed by atoms with van der Waals surface area (Å²) in [6, 6.07) is 9.63. The third kappa shape index (κ3) is 3.11. The van der Waals surface area contributed by atoms with Crippen LogP contribution in [0.3, 0.4) is 0 Å². The summed E-state index contributed by atoms with van der Waals surface area (Å²) >= 11 is 0. The van der Waals surface area contributed by atoms with E-state index >= 15 is 0 Å². The zero-order chi connectivity index (χ0) is 15.6. The lowest BCUT2D eigenvalue weighted by Crippen LogP contribution is -2.14. The predicted molar refractivity (Wildman–Crippen MR) is 83.1 cm³/mol. The monoisotopic (exact) mass is 284 g/mol. The van der Waals surface area contributed by atoms with Crippen LogP contribution in [0, 0.1) is 13.8 Å². The quantitative estimate of drug-likeness (QED) is 0.937. The number of ether oxygens (including phenoxy) is 1. The fraction of sp³-hybridized carbons (Fsp3) is 0.294. The lowest BCUT2D eigenvalue weighted by atomic mass is 10.0. The maximum absolute atomic E-state index is 11.6. The number of benzene rings is 1. The molecule has 0 bridgehead atoms. The van der Waals surface area contributed by atoms with Crippen molar-refractivity contribution in [1.82, 2.24) is 4.98 Å². The van der Waals surface area contributed by atoms with Gasteiger partial charge in [-0.15, -0.1) is 0 Å². The van der Waals surface area contributed by atoms with Gasteiger partial charge >= 0.3 is 0 Å². The third-order valence-corrected chi connectivity index (χ3v) is 3.74. The number of carbonyl (C=O) groups excluding carboxylic acids is 1. The van der Waals surface area contributed by atoms with Crippen LogP contribution >= 0.6 is 0 Å². The van der Waals surface area contributed by atoms with E-state index in [-0.39, 0.29) is 6.10 Å². The lowest BCUT2D eigenvalue weighted by molar-refractivity contribution is 0.100. The number of hydrogen-bond donors (Lipinski definition) is 1. The average molecular weight is 284 g/mol. The van der Waals surface area contributed by atoms with Gasteiger partial charge in [0, 0.05) is 18.4 Å². The topological polar surface area (TPSA) is 65.2 Å². The number of aromatic nitrogens is 1. The van der Waals surface area contributed by atoms with Crippen LogP contribution < -0.4 is 5.73 Å². The minimum absolute atomic E-state index is 0.0300. The minimum Gasteiger partial charge on any atom is -0.377 e. The number of nitrogens with zero attached hydrogens (tertiary/aromatic N) is 1. The average Bonchev–Trinajstić information content (AvgIpc) is 2.48. The molecule has 1 aromatic carbocycles. The molecule has 1 heterocycles. The molecule has 4 heteroatoms. The molecule has 0 saturated heterocycles. The highest BCUT2D eigenvalue weighted by molar-refractivity contribution is 5.99. The van der Waals surface area contributed by atoms with Gasteiger partial charge < -0.3 is 10.5 Å². The van der Waals surface area contributed by atoms with Gasteiger partial charge in [-0.2, -0.15) is 0 Å². The highest BCUT2D eigenvalue weighted by Crippen LogP contribution is 2.26. The van der Waals surface area contributed by atoms with Crippen LogP contribution in [0.5, 0.6) is 0 Å². The molecule has 1 unspecified atom stereocenters. The van der Waals surface area contributed by atoms with Crippen molar-refractivity contribution in [2.75, 3.05) is 7.11 Å². The second kappa shape index (κ2) is 6.06. The summed E-state index contributed by atoms with van der Waals surface area (Å²) in [4.78, 5) is 16.2.